The molecule has 0 atom stereocenters. The van der Waals surface area contributed by atoms with Crippen LogP contribution in [0.5, 0.6) is 0 Å². The second kappa shape index (κ2) is 7.75. The first-order chi connectivity index (χ1) is 9.84. The molecule has 0 fully saturated rings. The number of nitrogen functional groups attached to an aromatic ring is 1. The number of nitrogens with zero attached hydrogens (tertiary/aromatic N) is 1. The Bertz CT molecular complexity index is 565. The average molecular weight is 316 g/mol. The first kappa shape index (κ1) is 17.9. The SMILES string of the molecule is CCCCN(CCCC)S(=O)(=O)c1cc(N)c(F)cc1C. The smallest absolute Gasteiger partial charge is 0.243 e. The Balaban J connectivity index is 3.18. The molecule has 0 aliphatic rings. The van der Waals surface area contributed by atoms with Gasteiger partial charge in [0, 0.05) is 13.1 Å². The van der Waals surface area contributed by atoms with Crippen molar-refractivity contribution in [1.29, 1.82) is 0 Å². The highest BCUT2D eigenvalue weighted by molar-refractivity contribution is 7.89. The fourth-order valence-corrected chi connectivity index (χ4v) is 3.87. The average Bonchev–Trinajstić information content (AvgIpc) is 2.42. The molecule has 6 heteroatoms. The van der Waals surface area contributed by atoms with Crippen LogP contribution in [0.3, 0.4) is 0 Å². The van der Waals surface area contributed by atoms with Crippen molar-refractivity contribution in [2.24, 2.45) is 0 Å². The minimum Gasteiger partial charge on any atom is -0.396 e. The molecule has 4 nitrogen and oxygen atoms in total. The van der Waals surface area contributed by atoms with Crippen LogP contribution >= 0.6 is 0 Å². The number of unbranched alkanes of at least 4 members (excludes halogenated alkanes) is 2. The number of benzene rings is 1. The van der Waals surface area contributed by atoms with Crippen LogP contribution < -0.4 is 5.73 Å². The van der Waals surface area contributed by atoms with Gasteiger partial charge in [0.25, 0.3) is 0 Å². The van der Waals surface area contributed by atoms with Gasteiger partial charge in [-0.2, -0.15) is 4.31 Å². The van der Waals surface area contributed by atoms with E-state index in [2.05, 4.69) is 0 Å². The molecular formula is C15H25FN2O2S. The van der Waals surface area contributed by atoms with E-state index in [1.807, 2.05) is 13.8 Å². The maximum atomic E-state index is 13.4. The zero-order chi connectivity index (χ0) is 16.0. The Labute approximate surface area is 127 Å². The number of hydrogen-bond acceptors (Lipinski definition) is 3. The lowest BCUT2D eigenvalue weighted by Crippen LogP contribution is -2.33. The molecule has 1 aromatic rings. The number of halogens is 1. The second-order valence-electron chi connectivity index (χ2n) is 5.25. The number of sulfonamides is 1. The van der Waals surface area contributed by atoms with Gasteiger partial charge in [-0.3, -0.25) is 0 Å². The van der Waals surface area contributed by atoms with Gasteiger partial charge in [0.1, 0.15) is 5.82 Å². The number of aryl methyl sites for hydroxylation is 1. The summed E-state index contributed by atoms with van der Waals surface area (Å²) < 4.78 is 40.5. The highest BCUT2D eigenvalue weighted by Crippen LogP contribution is 2.25. The Morgan fingerprint density at radius 2 is 1.67 bits per heavy atom. The standard InChI is InChI=1S/C15H25FN2O2S/c1-4-6-8-18(9-7-5-2)21(19,20)15-11-14(17)13(16)10-12(15)3/h10-11H,4-9,17H2,1-3H3. The Morgan fingerprint density at radius 3 is 2.14 bits per heavy atom. The minimum absolute atomic E-state index is 0.105. The molecule has 0 aromatic heterocycles. The van der Waals surface area contributed by atoms with Gasteiger partial charge >= 0.3 is 0 Å². The quantitative estimate of drug-likeness (QED) is 0.748. The summed E-state index contributed by atoms with van der Waals surface area (Å²) in [4.78, 5) is 0.105. The van der Waals surface area contributed by atoms with E-state index in [4.69, 9.17) is 5.73 Å². The maximum Gasteiger partial charge on any atom is 0.243 e. The minimum atomic E-state index is -3.63. The number of rotatable bonds is 8. The predicted octanol–water partition coefficient (Wildman–Crippen LogP) is 3.31. The van der Waals surface area contributed by atoms with E-state index in [1.165, 1.54) is 16.4 Å². The number of anilines is 1. The van der Waals surface area contributed by atoms with Crippen molar-refractivity contribution >= 4 is 15.7 Å². The molecule has 0 saturated carbocycles. The van der Waals surface area contributed by atoms with Crippen LogP contribution in [0, 0.1) is 12.7 Å². The van der Waals surface area contributed by atoms with Crippen LogP contribution in [0.2, 0.25) is 0 Å². The lowest BCUT2D eigenvalue weighted by molar-refractivity contribution is 0.395. The van der Waals surface area contributed by atoms with Gasteiger partial charge in [0.15, 0.2) is 0 Å². The molecule has 0 unspecified atom stereocenters. The van der Waals surface area contributed by atoms with E-state index < -0.39 is 15.8 Å². The Morgan fingerprint density at radius 1 is 1.14 bits per heavy atom. The maximum absolute atomic E-state index is 13.4. The molecule has 120 valence electrons. The van der Waals surface area contributed by atoms with Gasteiger partial charge in [-0.25, -0.2) is 12.8 Å². The first-order valence-corrected chi connectivity index (χ1v) is 8.84. The summed E-state index contributed by atoms with van der Waals surface area (Å²) in [7, 11) is -3.63. The summed E-state index contributed by atoms with van der Waals surface area (Å²) >= 11 is 0. The lowest BCUT2D eigenvalue weighted by atomic mass is 10.2. The fraction of sp³-hybridized carbons (Fsp3) is 0.600. The van der Waals surface area contributed by atoms with Crippen LogP contribution in [0.15, 0.2) is 17.0 Å². The van der Waals surface area contributed by atoms with Crippen LogP contribution in [-0.4, -0.2) is 25.8 Å². The summed E-state index contributed by atoms with van der Waals surface area (Å²) in [6.45, 7) is 6.59. The number of nitrogens with two attached hydrogens (primary N) is 1. The fourth-order valence-electron chi connectivity index (χ4n) is 2.11. The summed E-state index contributed by atoms with van der Waals surface area (Å²) in [5, 5.41) is 0. The normalized spacial score (nSPS) is 12.0. The predicted molar refractivity (Wildman–Crippen MR) is 84.1 cm³/mol. The molecule has 0 aliphatic heterocycles. The van der Waals surface area contributed by atoms with Crippen LogP contribution in [0.1, 0.15) is 45.1 Å². The largest absolute Gasteiger partial charge is 0.396 e. The summed E-state index contributed by atoms with van der Waals surface area (Å²) in [5.74, 6) is -0.583. The van der Waals surface area contributed by atoms with Crippen LogP contribution in [0.25, 0.3) is 0 Å². The van der Waals surface area contributed by atoms with Gasteiger partial charge in [-0.1, -0.05) is 26.7 Å². The van der Waals surface area contributed by atoms with E-state index in [9.17, 15) is 12.8 Å². The van der Waals surface area contributed by atoms with Gasteiger partial charge in [0.05, 0.1) is 10.6 Å². The molecule has 0 amide bonds. The van der Waals surface area contributed by atoms with Crippen molar-refractivity contribution in [2.45, 2.75) is 51.3 Å². The van der Waals surface area contributed by atoms with Gasteiger partial charge in [0.2, 0.25) is 10.0 Å². The molecule has 0 bridgehead atoms. The van der Waals surface area contributed by atoms with E-state index in [-0.39, 0.29) is 10.6 Å². The number of hydrogen-bond donors (Lipinski definition) is 1. The summed E-state index contributed by atoms with van der Waals surface area (Å²) in [6, 6.07) is 2.41. The van der Waals surface area contributed by atoms with Gasteiger partial charge in [-0.15, -0.1) is 0 Å². The van der Waals surface area contributed by atoms with Crippen molar-refractivity contribution in [3.63, 3.8) is 0 Å². The Kier molecular flexibility index (Phi) is 6.61. The zero-order valence-electron chi connectivity index (χ0n) is 13.0. The molecular weight excluding hydrogens is 291 g/mol. The van der Waals surface area contributed by atoms with Gasteiger partial charge in [-0.05, 0) is 37.5 Å². The molecule has 0 saturated heterocycles. The van der Waals surface area contributed by atoms with Crippen LogP contribution in [-0.2, 0) is 10.0 Å². The highest BCUT2D eigenvalue weighted by atomic mass is 32.2. The van der Waals surface area contributed by atoms with Crippen molar-refractivity contribution in [3.05, 3.63) is 23.5 Å². The first-order valence-electron chi connectivity index (χ1n) is 7.40. The molecule has 1 rings (SSSR count). The van der Waals surface area contributed by atoms with Crippen molar-refractivity contribution < 1.29 is 12.8 Å². The van der Waals surface area contributed by atoms with E-state index in [0.717, 1.165) is 25.7 Å². The van der Waals surface area contributed by atoms with Crippen molar-refractivity contribution in [1.82, 2.24) is 4.31 Å². The molecule has 0 spiro atoms. The third kappa shape index (κ3) is 4.41. The monoisotopic (exact) mass is 316 g/mol. The molecule has 0 aliphatic carbocycles. The third-order valence-electron chi connectivity index (χ3n) is 3.43. The van der Waals surface area contributed by atoms with Crippen molar-refractivity contribution in [2.75, 3.05) is 18.8 Å². The summed E-state index contributed by atoms with van der Waals surface area (Å²) in [5.41, 5.74) is 5.78. The molecule has 0 heterocycles. The highest BCUT2D eigenvalue weighted by Gasteiger charge is 2.26. The molecule has 1 aromatic carbocycles. The van der Waals surface area contributed by atoms with Gasteiger partial charge < -0.3 is 5.73 Å². The second-order valence-corrected chi connectivity index (χ2v) is 7.16. The van der Waals surface area contributed by atoms with E-state index in [1.54, 1.807) is 6.92 Å². The van der Waals surface area contributed by atoms with Crippen LogP contribution in [0.4, 0.5) is 10.1 Å². The lowest BCUT2D eigenvalue weighted by Gasteiger charge is -2.23. The Hall–Kier alpha value is -1.14. The van der Waals surface area contributed by atoms with E-state index >= 15 is 0 Å². The molecule has 0 radical (unpaired) electrons. The molecule has 21 heavy (non-hydrogen) atoms. The molecule has 2 N–H and O–H groups in total. The van der Waals surface area contributed by atoms with E-state index in [0.29, 0.717) is 18.7 Å². The topological polar surface area (TPSA) is 63.4 Å². The summed E-state index contributed by atoms with van der Waals surface area (Å²) in [6.07, 6.45) is 3.45. The van der Waals surface area contributed by atoms with Crippen molar-refractivity contribution in [3.8, 4) is 0 Å². The third-order valence-corrected chi connectivity index (χ3v) is 5.47. The zero-order valence-corrected chi connectivity index (χ0v) is 13.8.